The maximum Gasteiger partial charge on any atom is 0.409 e. The zero-order chi connectivity index (χ0) is 19.1. The van der Waals surface area contributed by atoms with E-state index in [1.807, 2.05) is 25.1 Å². The fourth-order valence-corrected chi connectivity index (χ4v) is 3.15. The highest BCUT2D eigenvalue weighted by Gasteiger charge is 2.23. The van der Waals surface area contributed by atoms with Gasteiger partial charge in [0, 0.05) is 46.2 Å². The van der Waals surface area contributed by atoms with E-state index in [4.69, 9.17) is 14.2 Å². The van der Waals surface area contributed by atoms with Crippen molar-refractivity contribution >= 4 is 12.1 Å². The minimum Gasteiger partial charge on any atom is -0.490 e. The van der Waals surface area contributed by atoms with E-state index in [0.717, 1.165) is 42.5 Å². The van der Waals surface area contributed by atoms with Crippen molar-refractivity contribution < 1.29 is 19.0 Å². The summed E-state index contributed by atoms with van der Waals surface area (Å²) in [5.41, 5.74) is 1.10. The number of guanidine groups is 1. The van der Waals surface area contributed by atoms with Crippen molar-refractivity contribution in [1.82, 2.24) is 15.1 Å². The number of benzene rings is 1. The number of piperazine rings is 1. The number of amides is 1. The predicted molar refractivity (Wildman–Crippen MR) is 102 cm³/mol. The summed E-state index contributed by atoms with van der Waals surface area (Å²) in [5.74, 6) is 2.42. The van der Waals surface area contributed by atoms with Gasteiger partial charge in [0.15, 0.2) is 17.5 Å². The second-order valence-electron chi connectivity index (χ2n) is 6.41. The fraction of sp³-hybridized carbons (Fsp3) is 0.579. The van der Waals surface area contributed by atoms with E-state index in [1.165, 1.54) is 0 Å². The Balaban J connectivity index is 1.53. The molecule has 2 aliphatic heterocycles. The van der Waals surface area contributed by atoms with E-state index in [-0.39, 0.29) is 6.09 Å². The molecule has 8 heteroatoms. The summed E-state index contributed by atoms with van der Waals surface area (Å²) in [6.45, 7) is 6.93. The lowest BCUT2D eigenvalue weighted by molar-refractivity contribution is 0.0914. The highest BCUT2D eigenvalue weighted by Crippen LogP contribution is 2.30. The van der Waals surface area contributed by atoms with Gasteiger partial charge < -0.3 is 29.3 Å². The van der Waals surface area contributed by atoms with E-state index in [2.05, 4.69) is 15.2 Å². The molecule has 0 spiro atoms. The maximum atomic E-state index is 11.8. The van der Waals surface area contributed by atoms with E-state index in [1.54, 1.807) is 11.9 Å². The number of fused-ring (bicyclic) bond motifs is 1. The maximum absolute atomic E-state index is 11.8. The first-order chi connectivity index (χ1) is 13.2. The number of hydrogen-bond donors (Lipinski definition) is 1. The second-order valence-corrected chi connectivity index (χ2v) is 6.41. The number of carbonyl (C=O) groups excluding carboxylic acids is 1. The highest BCUT2D eigenvalue weighted by atomic mass is 16.6. The molecule has 0 aromatic heterocycles. The number of ether oxygens (including phenoxy) is 3. The largest absolute Gasteiger partial charge is 0.490 e. The first kappa shape index (κ1) is 19.1. The van der Waals surface area contributed by atoms with Crippen molar-refractivity contribution in [2.45, 2.75) is 19.9 Å². The van der Waals surface area contributed by atoms with Gasteiger partial charge in [0.1, 0.15) is 0 Å². The molecule has 0 bridgehead atoms. The highest BCUT2D eigenvalue weighted by molar-refractivity contribution is 5.80. The molecule has 1 saturated heterocycles. The molecule has 0 atom stereocenters. The quantitative estimate of drug-likeness (QED) is 0.639. The van der Waals surface area contributed by atoms with Crippen LogP contribution in [-0.2, 0) is 11.3 Å². The summed E-state index contributed by atoms with van der Waals surface area (Å²) >= 11 is 0. The molecule has 1 aromatic carbocycles. The van der Waals surface area contributed by atoms with Gasteiger partial charge in [-0.15, -0.1) is 0 Å². The average Bonchev–Trinajstić information content (AvgIpc) is 2.94. The van der Waals surface area contributed by atoms with Gasteiger partial charge in [0.05, 0.1) is 19.8 Å². The van der Waals surface area contributed by atoms with E-state index in [9.17, 15) is 4.79 Å². The van der Waals surface area contributed by atoms with Crippen LogP contribution in [0, 0.1) is 0 Å². The van der Waals surface area contributed by atoms with Gasteiger partial charge >= 0.3 is 6.09 Å². The zero-order valence-corrected chi connectivity index (χ0v) is 16.1. The molecule has 1 fully saturated rings. The number of nitrogens with one attached hydrogen (secondary N) is 1. The Morgan fingerprint density at radius 1 is 1.15 bits per heavy atom. The Morgan fingerprint density at radius 3 is 2.56 bits per heavy atom. The van der Waals surface area contributed by atoms with Gasteiger partial charge in [0.2, 0.25) is 0 Å². The van der Waals surface area contributed by atoms with Crippen LogP contribution in [0.2, 0.25) is 0 Å². The van der Waals surface area contributed by atoms with Crippen molar-refractivity contribution in [3.8, 4) is 11.5 Å². The molecule has 3 rings (SSSR count). The lowest BCUT2D eigenvalue weighted by Gasteiger charge is -2.35. The van der Waals surface area contributed by atoms with Gasteiger partial charge in [-0.3, -0.25) is 4.99 Å². The predicted octanol–water partition coefficient (Wildman–Crippen LogP) is 1.70. The van der Waals surface area contributed by atoms with Gasteiger partial charge in [-0.25, -0.2) is 4.79 Å². The first-order valence-electron chi connectivity index (χ1n) is 9.47. The fourth-order valence-electron chi connectivity index (χ4n) is 3.15. The van der Waals surface area contributed by atoms with Crippen LogP contribution in [0.15, 0.2) is 23.2 Å². The van der Waals surface area contributed by atoms with Crippen molar-refractivity contribution in [3.63, 3.8) is 0 Å². The molecule has 8 nitrogen and oxygen atoms in total. The Morgan fingerprint density at radius 2 is 1.85 bits per heavy atom. The summed E-state index contributed by atoms with van der Waals surface area (Å²) in [7, 11) is 1.77. The molecule has 1 amide bonds. The summed E-state index contributed by atoms with van der Waals surface area (Å²) in [6, 6.07) is 6.00. The Bertz CT molecular complexity index is 672. The Kier molecular flexibility index (Phi) is 6.62. The molecule has 0 radical (unpaired) electrons. The van der Waals surface area contributed by atoms with Crippen molar-refractivity contribution in [2.24, 2.45) is 4.99 Å². The summed E-state index contributed by atoms with van der Waals surface area (Å²) in [5, 5.41) is 3.39. The van der Waals surface area contributed by atoms with E-state index in [0.29, 0.717) is 39.5 Å². The number of hydrogen-bond acceptors (Lipinski definition) is 5. The molecule has 2 heterocycles. The van der Waals surface area contributed by atoms with Crippen molar-refractivity contribution in [3.05, 3.63) is 23.8 Å². The van der Waals surface area contributed by atoms with Gasteiger partial charge in [-0.05, 0) is 24.6 Å². The zero-order valence-electron chi connectivity index (χ0n) is 16.1. The van der Waals surface area contributed by atoms with Crippen LogP contribution in [0.5, 0.6) is 11.5 Å². The van der Waals surface area contributed by atoms with Gasteiger partial charge in [0.25, 0.3) is 0 Å². The van der Waals surface area contributed by atoms with Gasteiger partial charge in [-0.2, -0.15) is 0 Å². The van der Waals surface area contributed by atoms with Crippen molar-refractivity contribution in [2.75, 3.05) is 53.0 Å². The topological polar surface area (TPSA) is 75.6 Å². The summed E-state index contributed by atoms with van der Waals surface area (Å²) in [6.07, 6.45) is 0.652. The number of nitrogens with zero attached hydrogens (tertiary/aromatic N) is 3. The number of aliphatic imine (C=N–C) groups is 1. The van der Waals surface area contributed by atoms with E-state index < -0.39 is 0 Å². The molecule has 1 N–H and O–H groups in total. The molecule has 2 aliphatic rings. The smallest absolute Gasteiger partial charge is 0.409 e. The van der Waals surface area contributed by atoms with Crippen LogP contribution in [0.3, 0.4) is 0 Å². The minimum absolute atomic E-state index is 0.243. The molecule has 0 aliphatic carbocycles. The summed E-state index contributed by atoms with van der Waals surface area (Å²) in [4.78, 5) is 20.1. The van der Waals surface area contributed by atoms with E-state index >= 15 is 0 Å². The second kappa shape index (κ2) is 9.34. The molecular formula is C19H28N4O4. The Hall–Kier alpha value is -2.64. The lowest BCUT2D eigenvalue weighted by atomic mass is 10.2. The minimum atomic E-state index is -0.243. The SMILES string of the molecule is CCOC(=O)N1CCN(C(=NC)NCc2ccc3c(c2)OCCCO3)CC1. The van der Waals surface area contributed by atoms with Crippen LogP contribution in [0.4, 0.5) is 4.79 Å². The van der Waals surface area contributed by atoms with Crippen LogP contribution < -0.4 is 14.8 Å². The Labute approximate surface area is 160 Å². The molecular weight excluding hydrogens is 348 g/mol. The van der Waals surface area contributed by atoms with Crippen LogP contribution >= 0.6 is 0 Å². The molecule has 0 unspecified atom stereocenters. The third-order valence-electron chi connectivity index (χ3n) is 4.58. The van der Waals surface area contributed by atoms with Crippen LogP contribution in [-0.4, -0.2) is 74.9 Å². The first-order valence-corrected chi connectivity index (χ1v) is 9.47. The molecule has 148 valence electrons. The molecule has 1 aromatic rings. The molecule has 0 saturated carbocycles. The lowest BCUT2D eigenvalue weighted by Crippen LogP contribution is -2.53. The number of rotatable bonds is 3. The monoisotopic (exact) mass is 376 g/mol. The third-order valence-corrected chi connectivity index (χ3v) is 4.58. The van der Waals surface area contributed by atoms with Gasteiger partial charge in [-0.1, -0.05) is 6.07 Å². The standard InChI is InChI=1S/C19H28N4O4/c1-3-25-19(24)23-9-7-22(8-10-23)18(20-2)21-14-15-5-6-16-17(13-15)27-12-4-11-26-16/h5-6,13H,3-4,7-12,14H2,1-2H3,(H,20,21). The van der Waals surface area contributed by atoms with Crippen LogP contribution in [0.1, 0.15) is 18.9 Å². The van der Waals surface area contributed by atoms with Crippen LogP contribution in [0.25, 0.3) is 0 Å². The molecule has 27 heavy (non-hydrogen) atoms. The average molecular weight is 376 g/mol. The number of carbonyl (C=O) groups is 1. The summed E-state index contributed by atoms with van der Waals surface area (Å²) < 4.78 is 16.5. The third kappa shape index (κ3) is 4.96. The van der Waals surface area contributed by atoms with Crippen molar-refractivity contribution in [1.29, 1.82) is 0 Å². The normalized spacial score (nSPS) is 17.3.